The molecule has 0 saturated carbocycles. The van der Waals surface area contributed by atoms with Crippen molar-refractivity contribution in [1.82, 2.24) is 5.32 Å². The van der Waals surface area contributed by atoms with Crippen molar-refractivity contribution in [2.45, 2.75) is 44.7 Å². The van der Waals surface area contributed by atoms with Gasteiger partial charge >= 0.3 is 0 Å². The van der Waals surface area contributed by atoms with E-state index in [-0.39, 0.29) is 11.9 Å². The molecule has 2 unspecified atom stereocenters. The highest BCUT2D eigenvalue weighted by atomic mass is 16.5. The summed E-state index contributed by atoms with van der Waals surface area (Å²) in [7, 11) is 1.65. The molecule has 1 saturated heterocycles. The second kappa shape index (κ2) is 8.45. The standard InChI is InChI=1S/C13H26N2O3/c1-10(11-5-8-18-9-6-11)15-13(16)12(14)4-3-7-17-2/h10-12H,3-9,14H2,1-2H3,(H,15,16). The maximum absolute atomic E-state index is 11.9. The Kier molecular flexibility index (Phi) is 7.23. The first-order chi connectivity index (χ1) is 8.65. The number of carbonyl (C=O) groups is 1. The van der Waals surface area contributed by atoms with Crippen LogP contribution in [0, 0.1) is 5.92 Å². The van der Waals surface area contributed by atoms with Gasteiger partial charge in [-0.2, -0.15) is 0 Å². The van der Waals surface area contributed by atoms with Crippen molar-refractivity contribution in [2.24, 2.45) is 11.7 Å². The molecule has 3 N–H and O–H groups in total. The van der Waals surface area contributed by atoms with Gasteiger partial charge in [-0.15, -0.1) is 0 Å². The lowest BCUT2D eigenvalue weighted by Gasteiger charge is -2.29. The van der Waals surface area contributed by atoms with Crippen LogP contribution in [-0.4, -0.2) is 44.9 Å². The maximum Gasteiger partial charge on any atom is 0.237 e. The average molecular weight is 258 g/mol. The van der Waals surface area contributed by atoms with Crippen LogP contribution in [-0.2, 0) is 14.3 Å². The van der Waals surface area contributed by atoms with Crippen molar-refractivity contribution < 1.29 is 14.3 Å². The smallest absolute Gasteiger partial charge is 0.237 e. The molecule has 0 aliphatic carbocycles. The molecule has 1 aliphatic heterocycles. The summed E-state index contributed by atoms with van der Waals surface area (Å²) in [6, 6.07) is -0.252. The Bertz CT molecular complexity index is 242. The highest BCUT2D eigenvalue weighted by Gasteiger charge is 2.23. The lowest BCUT2D eigenvalue weighted by atomic mass is 9.92. The highest BCUT2D eigenvalue weighted by molar-refractivity contribution is 5.81. The maximum atomic E-state index is 11.9. The van der Waals surface area contributed by atoms with E-state index in [2.05, 4.69) is 12.2 Å². The third-order valence-corrected chi connectivity index (χ3v) is 3.54. The first-order valence-corrected chi connectivity index (χ1v) is 6.77. The van der Waals surface area contributed by atoms with E-state index in [1.165, 1.54) is 0 Å². The SMILES string of the molecule is COCCCC(N)C(=O)NC(C)C1CCOCC1. The lowest BCUT2D eigenvalue weighted by Crippen LogP contribution is -2.47. The molecule has 0 radical (unpaired) electrons. The molecule has 1 rings (SSSR count). The van der Waals surface area contributed by atoms with Gasteiger partial charge in [0.05, 0.1) is 6.04 Å². The molecule has 0 aromatic carbocycles. The largest absolute Gasteiger partial charge is 0.385 e. The normalized spacial score (nSPS) is 20.4. The lowest BCUT2D eigenvalue weighted by molar-refractivity contribution is -0.123. The van der Waals surface area contributed by atoms with Crippen LogP contribution in [0.2, 0.25) is 0 Å². The molecule has 5 heteroatoms. The molecule has 1 aliphatic rings. The predicted octanol–water partition coefficient (Wildman–Crippen LogP) is 0.672. The zero-order valence-corrected chi connectivity index (χ0v) is 11.5. The number of amides is 1. The molecule has 1 fully saturated rings. The van der Waals surface area contributed by atoms with Crippen molar-refractivity contribution in [3.8, 4) is 0 Å². The molecule has 106 valence electrons. The minimum absolute atomic E-state index is 0.0508. The number of hydrogen-bond acceptors (Lipinski definition) is 4. The van der Waals surface area contributed by atoms with Crippen LogP contribution in [0.3, 0.4) is 0 Å². The number of nitrogens with two attached hydrogens (primary N) is 1. The molecule has 0 bridgehead atoms. The summed E-state index contributed by atoms with van der Waals surface area (Å²) in [6.07, 6.45) is 3.51. The Morgan fingerprint density at radius 3 is 2.78 bits per heavy atom. The molecule has 0 aromatic heterocycles. The summed E-state index contributed by atoms with van der Waals surface area (Å²) in [5, 5.41) is 3.02. The Balaban J connectivity index is 2.24. The molecular weight excluding hydrogens is 232 g/mol. The minimum atomic E-state index is -0.428. The number of hydrogen-bond donors (Lipinski definition) is 2. The molecule has 1 amide bonds. The van der Waals surface area contributed by atoms with Crippen molar-refractivity contribution in [3.63, 3.8) is 0 Å². The topological polar surface area (TPSA) is 73.6 Å². The van der Waals surface area contributed by atoms with E-state index in [4.69, 9.17) is 15.2 Å². The van der Waals surface area contributed by atoms with Crippen LogP contribution in [0.5, 0.6) is 0 Å². The van der Waals surface area contributed by atoms with Crippen LogP contribution >= 0.6 is 0 Å². The summed E-state index contributed by atoms with van der Waals surface area (Å²) in [4.78, 5) is 11.9. The first-order valence-electron chi connectivity index (χ1n) is 6.77. The Hall–Kier alpha value is -0.650. The van der Waals surface area contributed by atoms with Gasteiger partial charge < -0.3 is 20.5 Å². The van der Waals surface area contributed by atoms with Gasteiger partial charge in [0.25, 0.3) is 0 Å². The van der Waals surface area contributed by atoms with E-state index in [0.29, 0.717) is 18.9 Å². The zero-order valence-electron chi connectivity index (χ0n) is 11.5. The van der Waals surface area contributed by atoms with E-state index in [1.807, 2.05) is 0 Å². The predicted molar refractivity (Wildman–Crippen MR) is 70.2 cm³/mol. The molecule has 5 nitrogen and oxygen atoms in total. The van der Waals surface area contributed by atoms with Crippen LogP contribution < -0.4 is 11.1 Å². The fourth-order valence-corrected chi connectivity index (χ4v) is 2.24. The number of nitrogens with one attached hydrogen (secondary N) is 1. The van der Waals surface area contributed by atoms with E-state index < -0.39 is 6.04 Å². The van der Waals surface area contributed by atoms with Crippen molar-refractivity contribution in [2.75, 3.05) is 26.9 Å². The van der Waals surface area contributed by atoms with E-state index >= 15 is 0 Å². The average Bonchev–Trinajstić information content (AvgIpc) is 2.39. The van der Waals surface area contributed by atoms with Gasteiger partial charge in [-0.3, -0.25) is 4.79 Å². The molecule has 1 heterocycles. The minimum Gasteiger partial charge on any atom is -0.385 e. The first kappa shape index (κ1) is 15.4. The Morgan fingerprint density at radius 1 is 1.50 bits per heavy atom. The summed E-state index contributed by atoms with van der Waals surface area (Å²) in [5.74, 6) is 0.457. The second-order valence-corrected chi connectivity index (χ2v) is 4.99. The number of carbonyl (C=O) groups excluding carboxylic acids is 1. The summed E-state index contributed by atoms with van der Waals surface area (Å²) < 4.78 is 10.3. The van der Waals surface area contributed by atoms with Gasteiger partial charge in [0.15, 0.2) is 0 Å². The van der Waals surface area contributed by atoms with Crippen LogP contribution in [0.1, 0.15) is 32.6 Å². The summed E-state index contributed by atoms with van der Waals surface area (Å²) in [6.45, 7) is 4.29. The fraction of sp³-hybridized carbons (Fsp3) is 0.923. The zero-order chi connectivity index (χ0) is 13.4. The van der Waals surface area contributed by atoms with E-state index in [0.717, 1.165) is 32.5 Å². The van der Waals surface area contributed by atoms with Crippen molar-refractivity contribution in [3.05, 3.63) is 0 Å². The monoisotopic (exact) mass is 258 g/mol. The van der Waals surface area contributed by atoms with Gasteiger partial charge in [-0.25, -0.2) is 0 Å². The Morgan fingerprint density at radius 2 is 2.17 bits per heavy atom. The van der Waals surface area contributed by atoms with Gasteiger partial charge in [0.2, 0.25) is 5.91 Å². The summed E-state index contributed by atoms with van der Waals surface area (Å²) >= 11 is 0. The van der Waals surface area contributed by atoms with Crippen LogP contribution in [0.15, 0.2) is 0 Å². The van der Waals surface area contributed by atoms with Gasteiger partial charge in [0, 0.05) is 33.0 Å². The van der Waals surface area contributed by atoms with Gasteiger partial charge in [-0.1, -0.05) is 0 Å². The van der Waals surface area contributed by atoms with Crippen LogP contribution in [0.25, 0.3) is 0 Å². The van der Waals surface area contributed by atoms with Gasteiger partial charge in [0.1, 0.15) is 0 Å². The highest BCUT2D eigenvalue weighted by Crippen LogP contribution is 2.18. The summed E-state index contributed by atoms with van der Waals surface area (Å²) in [5.41, 5.74) is 5.84. The number of ether oxygens (including phenoxy) is 2. The molecule has 0 spiro atoms. The molecule has 2 atom stereocenters. The van der Waals surface area contributed by atoms with Gasteiger partial charge in [-0.05, 0) is 38.5 Å². The second-order valence-electron chi connectivity index (χ2n) is 4.99. The fourth-order valence-electron chi connectivity index (χ4n) is 2.24. The molecule has 0 aromatic rings. The third kappa shape index (κ3) is 5.33. The van der Waals surface area contributed by atoms with E-state index in [9.17, 15) is 4.79 Å². The third-order valence-electron chi connectivity index (χ3n) is 3.54. The molecular formula is C13H26N2O3. The van der Waals surface area contributed by atoms with Crippen LogP contribution in [0.4, 0.5) is 0 Å². The Labute approximate surface area is 109 Å². The quantitative estimate of drug-likeness (QED) is 0.658. The van der Waals surface area contributed by atoms with Crippen molar-refractivity contribution in [1.29, 1.82) is 0 Å². The van der Waals surface area contributed by atoms with E-state index in [1.54, 1.807) is 7.11 Å². The van der Waals surface area contributed by atoms with Crippen molar-refractivity contribution >= 4 is 5.91 Å². The number of methoxy groups -OCH3 is 1. The molecule has 18 heavy (non-hydrogen) atoms. The number of rotatable bonds is 7.